The smallest absolute Gasteiger partial charge is 0.218 e. The van der Waals surface area contributed by atoms with Crippen molar-refractivity contribution in [1.29, 1.82) is 0 Å². The van der Waals surface area contributed by atoms with Gasteiger partial charge in [-0.3, -0.25) is 4.79 Å². The fraction of sp³-hybridized carbons (Fsp3) is 0.390. The number of Topliss-reactive ketones (excluding diaryl/α,β-unsaturated/α-hetero) is 1. The highest BCUT2D eigenvalue weighted by atomic mass is 16.7. The molecule has 6 unspecified atom stereocenters. The molecule has 0 spiro atoms. The fourth-order valence-electron chi connectivity index (χ4n) is 6.93. The summed E-state index contributed by atoms with van der Waals surface area (Å²) in [5.74, 6) is -0.110. The second kappa shape index (κ2) is 16.8. The zero-order valence-electron chi connectivity index (χ0n) is 27.6. The summed E-state index contributed by atoms with van der Waals surface area (Å²) < 4.78 is 45.4. The SMILES string of the molecule is O=C1CC(C[C@@H]2OC(COCc3ccccc3)[C@H](OCc3ccccc3)C(OCc3ccccc3)C2OCc2ccccc2)C2COC1O2. The molecule has 4 aromatic carbocycles. The Kier molecular flexibility index (Phi) is 11.6. The van der Waals surface area contributed by atoms with Gasteiger partial charge in [0.15, 0.2) is 5.78 Å². The van der Waals surface area contributed by atoms with Gasteiger partial charge in [0.2, 0.25) is 6.29 Å². The lowest BCUT2D eigenvalue weighted by atomic mass is 9.84. The number of ether oxygens (including phenoxy) is 7. The Balaban J connectivity index is 1.19. The van der Waals surface area contributed by atoms with E-state index in [1.165, 1.54) is 0 Å². The van der Waals surface area contributed by atoms with Crippen LogP contribution in [0.15, 0.2) is 121 Å². The first-order valence-electron chi connectivity index (χ1n) is 17.2. The number of carbonyl (C=O) groups excluding carboxylic acids is 1. The summed E-state index contributed by atoms with van der Waals surface area (Å²) in [4.78, 5) is 12.8. The number of hydrogen-bond acceptors (Lipinski definition) is 8. The van der Waals surface area contributed by atoms with E-state index in [2.05, 4.69) is 12.1 Å². The number of hydrogen-bond donors (Lipinski definition) is 0. The van der Waals surface area contributed by atoms with Crippen LogP contribution in [-0.2, 0) is 64.4 Å². The third kappa shape index (κ3) is 8.90. The minimum Gasteiger partial charge on any atom is -0.374 e. The van der Waals surface area contributed by atoms with Crippen LogP contribution < -0.4 is 0 Å². The topological polar surface area (TPSA) is 81.7 Å². The van der Waals surface area contributed by atoms with Crippen molar-refractivity contribution < 1.29 is 38.0 Å². The van der Waals surface area contributed by atoms with Crippen molar-refractivity contribution in [3.8, 4) is 0 Å². The van der Waals surface area contributed by atoms with E-state index in [9.17, 15) is 4.79 Å². The van der Waals surface area contributed by atoms with Crippen LogP contribution in [0.25, 0.3) is 0 Å². The van der Waals surface area contributed by atoms with Gasteiger partial charge in [0.25, 0.3) is 0 Å². The van der Waals surface area contributed by atoms with Crippen molar-refractivity contribution in [2.45, 2.75) is 82.2 Å². The molecule has 3 saturated heterocycles. The van der Waals surface area contributed by atoms with Crippen LogP contribution in [0.3, 0.4) is 0 Å². The molecule has 0 amide bonds. The van der Waals surface area contributed by atoms with Crippen LogP contribution in [0.5, 0.6) is 0 Å². The minimum atomic E-state index is -0.754. The average Bonchev–Trinajstić information content (AvgIpc) is 3.60. The van der Waals surface area contributed by atoms with E-state index in [-0.39, 0.29) is 24.4 Å². The predicted molar refractivity (Wildman–Crippen MR) is 182 cm³/mol. The molecule has 3 fully saturated rings. The van der Waals surface area contributed by atoms with Crippen LogP contribution >= 0.6 is 0 Å². The number of carbonyl (C=O) groups is 1. The summed E-state index contributed by atoms with van der Waals surface area (Å²) in [5, 5.41) is 0. The molecule has 0 saturated carbocycles. The third-order valence-electron chi connectivity index (χ3n) is 9.48. The largest absolute Gasteiger partial charge is 0.374 e. The lowest BCUT2D eigenvalue weighted by molar-refractivity contribution is -0.276. The molecule has 7 rings (SSSR count). The summed E-state index contributed by atoms with van der Waals surface area (Å²) >= 11 is 0. The van der Waals surface area contributed by atoms with Crippen LogP contribution in [0.2, 0.25) is 0 Å². The maximum absolute atomic E-state index is 12.8. The van der Waals surface area contributed by atoms with E-state index in [0.29, 0.717) is 45.9 Å². The van der Waals surface area contributed by atoms with Gasteiger partial charge < -0.3 is 33.2 Å². The number of benzene rings is 4. The number of fused-ring (bicyclic) bond motifs is 2. The van der Waals surface area contributed by atoms with Crippen molar-refractivity contribution in [1.82, 2.24) is 0 Å². The van der Waals surface area contributed by atoms with Crippen molar-refractivity contribution in [2.24, 2.45) is 5.92 Å². The van der Waals surface area contributed by atoms with Crippen molar-refractivity contribution in [3.05, 3.63) is 144 Å². The Morgan fingerprint density at radius 2 is 1.02 bits per heavy atom. The highest BCUT2D eigenvalue weighted by Crippen LogP contribution is 2.38. The quantitative estimate of drug-likeness (QED) is 0.144. The molecule has 0 aromatic heterocycles. The van der Waals surface area contributed by atoms with E-state index in [1.54, 1.807) is 0 Å². The molecule has 49 heavy (non-hydrogen) atoms. The maximum Gasteiger partial charge on any atom is 0.218 e. The van der Waals surface area contributed by atoms with Gasteiger partial charge in [-0.1, -0.05) is 121 Å². The summed E-state index contributed by atoms with van der Waals surface area (Å²) in [6, 6.07) is 40.4. The van der Waals surface area contributed by atoms with Crippen LogP contribution in [-0.4, -0.2) is 61.9 Å². The van der Waals surface area contributed by atoms with Gasteiger partial charge in [-0.05, 0) is 34.6 Å². The summed E-state index contributed by atoms with van der Waals surface area (Å²) in [7, 11) is 0. The second-order valence-corrected chi connectivity index (χ2v) is 13.0. The van der Waals surface area contributed by atoms with Gasteiger partial charge in [0.05, 0.1) is 51.8 Å². The average molecular weight is 665 g/mol. The van der Waals surface area contributed by atoms with E-state index in [0.717, 1.165) is 22.3 Å². The standard InChI is InChI=1S/C41H44O8/c42-34-21-33(36-28-47-41(34)49-36)22-35-38(44-24-30-15-7-2-8-16-30)40(46-26-32-19-11-4-12-20-32)39(45-25-31-17-9-3-10-18-31)37(48-35)27-43-23-29-13-5-1-6-14-29/h1-20,33,35-41H,21-28H2/t33?,35-,36?,37?,38?,39-,40?,41?/m0/s1. The molecule has 256 valence electrons. The molecular weight excluding hydrogens is 620 g/mol. The summed E-state index contributed by atoms with van der Waals surface area (Å²) in [5.41, 5.74) is 4.21. The molecule has 4 aromatic rings. The first kappa shape index (κ1) is 33.8. The predicted octanol–water partition coefficient (Wildman–Crippen LogP) is 6.45. The van der Waals surface area contributed by atoms with Gasteiger partial charge in [0.1, 0.15) is 24.4 Å². The van der Waals surface area contributed by atoms with Gasteiger partial charge >= 0.3 is 0 Å². The van der Waals surface area contributed by atoms with Gasteiger partial charge in [0, 0.05) is 6.42 Å². The fourth-order valence-corrected chi connectivity index (χ4v) is 6.93. The number of ketones is 1. The van der Waals surface area contributed by atoms with Crippen molar-refractivity contribution in [3.63, 3.8) is 0 Å². The van der Waals surface area contributed by atoms with E-state index < -0.39 is 36.8 Å². The first-order valence-corrected chi connectivity index (χ1v) is 17.2. The van der Waals surface area contributed by atoms with Crippen LogP contribution in [0, 0.1) is 5.92 Å². The lowest BCUT2D eigenvalue weighted by Crippen LogP contribution is -2.61. The van der Waals surface area contributed by atoms with Gasteiger partial charge in [-0.25, -0.2) is 0 Å². The summed E-state index contributed by atoms with van der Waals surface area (Å²) in [6.07, 6.45) is -2.45. The number of rotatable bonds is 15. The Morgan fingerprint density at radius 3 is 1.55 bits per heavy atom. The molecular formula is C41H44O8. The van der Waals surface area contributed by atoms with Crippen LogP contribution in [0.1, 0.15) is 35.1 Å². The molecule has 2 bridgehead atoms. The summed E-state index contributed by atoms with van der Waals surface area (Å²) in [6.45, 7) is 2.23. The normalized spacial score (nSPS) is 28.0. The maximum atomic E-state index is 12.8. The van der Waals surface area contributed by atoms with E-state index >= 15 is 0 Å². The van der Waals surface area contributed by atoms with Crippen molar-refractivity contribution in [2.75, 3.05) is 13.2 Å². The van der Waals surface area contributed by atoms with E-state index in [1.807, 2.05) is 109 Å². The van der Waals surface area contributed by atoms with Crippen molar-refractivity contribution >= 4 is 5.78 Å². The molecule has 0 N–H and O–H groups in total. The Hall–Kier alpha value is -3.73. The highest BCUT2D eigenvalue weighted by molar-refractivity contribution is 5.83. The highest BCUT2D eigenvalue weighted by Gasteiger charge is 2.51. The van der Waals surface area contributed by atoms with Gasteiger partial charge in [-0.15, -0.1) is 0 Å². The third-order valence-corrected chi connectivity index (χ3v) is 9.48. The molecule has 8 nitrogen and oxygen atoms in total. The van der Waals surface area contributed by atoms with Gasteiger partial charge in [-0.2, -0.15) is 0 Å². The molecule has 3 heterocycles. The zero-order chi connectivity index (χ0) is 33.3. The molecule has 0 radical (unpaired) electrons. The monoisotopic (exact) mass is 664 g/mol. The Morgan fingerprint density at radius 1 is 0.551 bits per heavy atom. The van der Waals surface area contributed by atoms with E-state index in [4.69, 9.17) is 33.2 Å². The Bertz CT molecular complexity index is 1570. The minimum absolute atomic E-state index is 0.0278. The molecule has 8 atom stereocenters. The zero-order valence-corrected chi connectivity index (χ0v) is 27.6. The molecule has 0 aliphatic carbocycles. The molecule has 3 aliphatic heterocycles. The molecule has 3 aliphatic rings. The van der Waals surface area contributed by atoms with Crippen LogP contribution in [0.4, 0.5) is 0 Å². The first-order chi connectivity index (χ1) is 24.2. The molecule has 8 heteroatoms. The Labute approximate surface area is 288 Å². The lowest BCUT2D eigenvalue weighted by Gasteiger charge is -2.47. The second-order valence-electron chi connectivity index (χ2n) is 13.0.